The number of hydrogen-bond donors (Lipinski definition) is 0. The minimum atomic E-state index is -8.92. The molecule has 0 unspecified atom stereocenters. The van der Waals surface area contributed by atoms with Gasteiger partial charge in [-0.2, -0.15) is 149 Å². The zero-order valence-electron chi connectivity index (χ0n) is 24.6. The molecule has 0 fully saturated rings. The van der Waals surface area contributed by atoms with Crippen LogP contribution >= 0.6 is 0 Å². The van der Waals surface area contributed by atoms with Gasteiger partial charge in [0.15, 0.2) is 20.2 Å². The van der Waals surface area contributed by atoms with Gasteiger partial charge in [0.25, 0.3) is 0 Å². The van der Waals surface area contributed by atoms with Crippen LogP contribution < -0.4 is 0 Å². The van der Waals surface area contributed by atoms with Gasteiger partial charge in [-0.25, -0.2) is 16.8 Å². The second-order valence-corrected chi connectivity index (χ2v) is 12.7. The van der Waals surface area contributed by atoms with E-state index < -0.39 is 114 Å². The van der Waals surface area contributed by atoms with Crippen LogP contribution in [0.2, 0.25) is 0 Å². The second-order valence-electron chi connectivity index (χ2n) is 9.83. The van der Waals surface area contributed by atoms with Crippen molar-refractivity contribution >= 4 is 47.5 Å². The van der Waals surface area contributed by atoms with Gasteiger partial charge in [-0.1, -0.05) is 0 Å². The van der Waals surface area contributed by atoms with Gasteiger partial charge >= 0.3 is 121 Å². The van der Waals surface area contributed by atoms with Crippen LogP contribution in [0.25, 0.3) is 0 Å². The molecule has 0 atom stereocenters. The Morgan fingerprint density at radius 1 is 0.220 bits per heavy atom. The smallest absolute Gasteiger partial charge is 0.743 e. The van der Waals surface area contributed by atoms with E-state index in [1.165, 1.54) is 0 Å². The van der Waals surface area contributed by atoms with Crippen LogP contribution in [0.15, 0.2) is 0 Å². The summed E-state index contributed by atoms with van der Waals surface area (Å²) in [5.74, 6) is -104. The molecule has 0 saturated carbocycles. The van der Waals surface area contributed by atoms with Crippen LogP contribution in [0, 0.1) is 0 Å². The summed E-state index contributed by atoms with van der Waals surface area (Å²) in [5.41, 5.74) is 0. The average Bonchev–Trinajstić information content (AvgIpc) is 2.93. The summed E-state index contributed by atoms with van der Waals surface area (Å²) in [7, 11) is -16.3. The fourth-order valence-corrected chi connectivity index (χ4v) is 3.50. The molecule has 0 bridgehead atoms. The molecule has 0 rings (SSSR count). The first-order chi connectivity index (χ1) is 24.0. The molecule has 0 amide bonds. The maximum atomic E-state index is 13.0. The summed E-state index contributed by atoms with van der Waals surface area (Å²) in [5, 5.41) is -15.9. The van der Waals surface area contributed by atoms with E-state index in [1.807, 2.05) is 0 Å². The molecule has 0 N–H and O–H groups in total. The van der Waals surface area contributed by atoms with Crippen molar-refractivity contribution in [2.24, 2.45) is 0 Å². The van der Waals surface area contributed by atoms with Crippen LogP contribution in [-0.2, 0) is 20.2 Å². The number of hydrogen-bond acceptors (Lipinski definition) is 6. The third-order valence-corrected chi connectivity index (χ3v) is 7.78. The third kappa shape index (κ3) is 8.22. The van der Waals surface area contributed by atoms with Crippen LogP contribution in [0.3, 0.4) is 0 Å². The van der Waals surface area contributed by atoms with Crippen molar-refractivity contribution in [1.82, 2.24) is 0 Å². The van der Waals surface area contributed by atoms with Gasteiger partial charge in [-0.15, -0.1) is 0 Å². The Labute approximate surface area is 316 Å². The maximum absolute atomic E-state index is 13.0. The van der Waals surface area contributed by atoms with E-state index >= 15 is 0 Å². The molecule has 0 aromatic rings. The zero-order valence-corrected chi connectivity index (χ0v) is 30.1. The van der Waals surface area contributed by atoms with Gasteiger partial charge in [0, 0.05) is 0 Å². The summed E-state index contributed by atoms with van der Waals surface area (Å²) < 4.78 is 488. The normalized spacial score (nSPS) is 16.6. The Kier molecular flexibility index (Phi) is 16.0. The van der Waals surface area contributed by atoms with Crippen molar-refractivity contribution in [3.63, 3.8) is 0 Å². The van der Waals surface area contributed by atoms with Gasteiger partial charge in [0.1, 0.15) is 0 Å². The fraction of sp³-hybridized carbons (Fsp3) is 1.00. The van der Waals surface area contributed by atoms with Gasteiger partial charge < -0.3 is 9.11 Å². The van der Waals surface area contributed by atoms with E-state index in [0.29, 0.717) is 0 Å². The van der Waals surface area contributed by atoms with Crippen LogP contribution in [-0.4, -0.2) is 147 Å². The van der Waals surface area contributed by atoms with E-state index in [9.17, 15) is 175 Å². The number of alkyl halides is 34. The zero-order chi connectivity index (χ0) is 49.0. The average molecular weight is 1210 g/mol. The van der Waals surface area contributed by atoms with Gasteiger partial charge in [0.05, 0.1) is 0 Å². The van der Waals surface area contributed by atoms with Crippen molar-refractivity contribution in [2.45, 2.75) is 93.9 Å². The van der Waals surface area contributed by atoms with Crippen molar-refractivity contribution in [3.8, 4) is 0 Å². The molecule has 0 aliphatic heterocycles. The fourth-order valence-electron chi connectivity index (χ4n) is 2.61. The van der Waals surface area contributed by atoms with Crippen molar-refractivity contribution < 1.29 is 175 Å². The molecular weight excluding hydrogens is 1210 g/mol. The molecule has 0 heterocycles. The second kappa shape index (κ2) is 15.3. The first-order valence-corrected chi connectivity index (χ1v) is 14.2. The van der Waals surface area contributed by atoms with E-state index in [-0.39, 0.29) is 27.3 Å². The molecular formula is C16F34O6PbS2. The van der Waals surface area contributed by atoms with Crippen molar-refractivity contribution in [2.75, 3.05) is 0 Å². The SMILES string of the molecule is O=S(=O)([O-])C(F)(F)C(F)(F)C(F)(F)C(F)(F)C(F)(F)C(F)(F)C(F)(F)C(F)(F)F.O=S(=O)([O-])C(F)(F)C(F)(F)C(F)(F)C(F)(F)C(F)(F)C(F)(F)C(F)(F)C(F)(F)F.[Pb+2]. The summed E-state index contributed by atoms with van der Waals surface area (Å²) in [6, 6.07) is 0. The Bertz CT molecular complexity index is 1600. The number of rotatable bonds is 14. The summed E-state index contributed by atoms with van der Waals surface area (Å²) in [4.78, 5) is 0. The standard InChI is InChI=1S/2C8HF17O3S.Pb/c2*9-1(10,3(13,14)5(17,18)7(21,22)23)2(11,12)4(15,16)6(19,20)8(24,25)29(26,27)28;/h2*(H,26,27,28);/q;;+2/p-2. The first kappa shape index (κ1) is 61.7. The Balaban J connectivity index is -0.00000105. The molecule has 2 radical (unpaired) electrons. The molecule has 6 nitrogen and oxygen atoms in total. The van der Waals surface area contributed by atoms with E-state index in [1.54, 1.807) is 0 Å². The quantitative estimate of drug-likeness (QED) is 0.0979. The molecule has 0 saturated heterocycles. The largest absolute Gasteiger partial charge is 2.00 e. The Morgan fingerprint density at radius 2 is 0.322 bits per heavy atom. The minimum absolute atomic E-state index is 0. The van der Waals surface area contributed by atoms with Gasteiger partial charge in [-0.3, -0.25) is 0 Å². The van der Waals surface area contributed by atoms with Gasteiger partial charge in [0.2, 0.25) is 0 Å². The molecule has 0 aromatic carbocycles. The minimum Gasteiger partial charge on any atom is -0.743 e. The van der Waals surface area contributed by atoms with E-state index in [2.05, 4.69) is 0 Å². The molecule has 0 aliphatic carbocycles. The molecule has 43 heteroatoms. The van der Waals surface area contributed by atoms with Crippen LogP contribution in [0.4, 0.5) is 149 Å². The Hall–Kier alpha value is -1.64. The summed E-state index contributed by atoms with van der Waals surface area (Å²) in [6.45, 7) is 0. The van der Waals surface area contributed by atoms with Gasteiger partial charge in [-0.05, 0) is 0 Å². The summed E-state index contributed by atoms with van der Waals surface area (Å²) in [6.07, 6.45) is -15.8. The molecule has 354 valence electrons. The maximum Gasteiger partial charge on any atom is 2.00 e. The Morgan fingerprint density at radius 3 is 0.424 bits per heavy atom. The van der Waals surface area contributed by atoms with E-state index in [4.69, 9.17) is 0 Å². The predicted molar refractivity (Wildman–Crippen MR) is 107 cm³/mol. The van der Waals surface area contributed by atoms with Crippen molar-refractivity contribution in [1.29, 1.82) is 0 Å². The molecule has 59 heavy (non-hydrogen) atoms. The molecule has 0 aromatic heterocycles. The van der Waals surface area contributed by atoms with Crippen LogP contribution in [0.1, 0.15) is 0 Å². The third-order valence-electron chi connectivity index (χ3n) is 6.01. The first-order valence-electron chi connectivity index (χ1n) is 11.3. The van der Waals surface area contributed by atoms with E-state index in [0.717, 1.165) is 0 Å². The number of halogens is 34. The topological polar surface area (TPSA) is 114 Å². The molecule has 0 spiro atoms. The molecule has 0 aliphatic rings. The van der Waals surface area contributed by atoms with Crippen molar-refractivity contribution in [3.05, 3.63) is 0 Å². The summed E-state index contributed by atoms with van der Waals surface area (Å²) >= 11 is 0. The predicted octanol–water partition coefficient (Wildman–Crippen LogP) is 8.62. The van der Waals surface area contributed by atoms with Crippen LogP contribution in [0.5, 0.6) is 0 Å². The monoisotopic (exact) mass is 1210 g/mol.